The second kappa shape index (κ2) is 10.4. The van der Waals surface area contributed by atoms with Crippen LogP contribution in [0.3, 0.4) is 0 Å². The highest BCUT2D eigenvalue weighted by Gasteiger charge is 2.25. The third kappa shape index (κ3) is 5.32. The Bertz CT molecular complexity index is 795. The van der Waals surface area contributed by atoms with E-state index in [1.165, 1.54) is 24.0 Å². The van der Waals surface area contributed by atoms with Crippen molar-refractivity contribution in [2.75, 3.05) is 52.4 Å². The Morgan fingerprint density at radius 2 is 1.74 bits per heavy atom. The number of benzene rings is 1. The average Bonchev–Trinajstić information content (AvgIpc) is 3.33. The zero-order valence-electron chi connectivity index (χ0n) is 18.9. The molecule has 0 spiro atoms. The number of aliphatic imine (C=N–C) groups is 1. The number of phenols is 1. The van der Waals surface area contributed by atoms with E-state index in [9.17, 15) is 9.90 Å². The number of likely N-dealkylation sites (tertiary alicyclic amines) is 1. The molecule has 1 aliphatic carbocycles. The Labute approximate surface area is 186 Å². The molecule has 7 nitrogen and oxygen atoms in total. The van der Waals surface area contributed by atoms with Gasteiger partial charge in [0.2, 0.25) is 5.91 Å². The number of hydrogen-bond acceptors (Lipinski definition) is 4. The molecule has 0 unspecified atom stereocenters. The summed E-state index contributed by atoms with van der Waals surface area (Å²) in [6.45, 7) is 9.24. The van der Waals surface area contributed by atoms with Crippen LogP contribution in [0.5, 0.6) is 5.75 Å². The van der Waals surface area contributed by atoms with Crippen molar-refractivity contribution in [3.05, 3.63) is 28.8 Å². The van der Waals surface area contributed by atoms with Crippen LogP contribution in [0.2, 0.25) is 0 Å². The van der Waals surface area contributed by atoms with Gasteiger partial charge < -0.3 is 20.2 Å². The molecule has 0 radical (unpaired) electrons. The molecule has 4 rings (SSSR count). The van der Waals surface area contributed by atoms with Gasteiger partial charge in [-0.2, -0.15) is 0 Å². The predicted molar refractivity (Wildman–Crippen MR) is 123 cm³/mol. The second-order valence-electron chi connectivity index (χ2n) is 8.93. The lowest BCUT2D eigenvalue weighted by Crippen LogP contribution is -2.54. The Morgan fingerprint density at radius 1 is 1.00 bits per heavy atom. The summed E-state index contributed by atoms with van der Waals surface area (Å²) in [7, 11) is 0. The normalized spacial score (nSPS) is 20.1. The van der Waals surface area contributed by atoms with E-state index in [1.54, 1.807) is 0 Å². The van der Waals surface area contributed by atoms with Crippen molar-refractivity contribution >= 4 is 11.9 Å². The van der Waals surface area contributed by atoms with Gasteiger partial charge in [-0.25, -0.2) is 4.99 Å². The first-order valence-electron chi connectivity index (χ1n) is 12.0. The summed E-state index contributed by atoms with van der Waals surface area (Å²) in [4.78, 5) is 23.9. The van der Waals surface area contributed by atoms with E-state index in [1.807, 2.05) is 11.0 Å². The van der Waals surface area contributed by atoms with E-state index in [0.29, 0.717) is 18.8 Å². The van der Waals surface area contributed by atoms with Crippen molar-refractivity contribution in [1.29, 1.82) is 0 Å². The topological polar surface area (TPSA) is 71.4 Å². The molecule has 2 heterocycles. The van der Waals surface area contributed by atoms with E-state index in [4.69, 9.17) is 4.99 Å². The summed E-state index contributed by atoms with van der Waals surface area (Å²) in [6.07, 6.45) is 6.84. The van der Waals surface area contributed by atoms with Gasteiger partial charge in [-0.1, -0.05) is 6.07 Å². The Kier molecular flexibility index (Phi) is 7.33. The lowest BCUT2D eigenvalue weighted by molar-refractivity contribution is -0.131. The third-order valence-electron chi connectivity index (χ3n) is 6.84. The van der Waals surface area contributed by atoms with Crippen molar-refractivity contribution in [1.82, 2.24) is 20.0 Å². The largest absolute Gasteiger partial charge is 0.508 e. The fraction of sp³-hybridized carbons (Fsp3) is 0.667. The number of aryl methyl sites for hydroxylation is 1. The maximum absolute atomic E-state index is 12.5. The van der Waals surface area contributed by atoms with Crippen molar-refractivity contribution in [3.63, 3.8) is 0 Å². The summed E-state index contributed by atoms with van der Waals surface area (Å²) in [5.41, 5.74) is 3.66. The zero-order valence-corrected chi connectivity index (χ0v) is 18.9. The van der Waals surface area contributed by atoms with Gasteiger partial charge in [0.15, 0.2) is 5.96 Å². The van der Waals surface area contributed by atoms with Crippen LogP contribution in [0.4, 0.5) is 0 Å². The molecule has 3 aliphatic rings. The molecule has 2 N–H and O–H groups in total. The molecule has 31 heavy (non-hydrogen) atoms. The van der Waals surface area contributed by atoms with Crippen molar-refractivity contribution < 1.29 is 9.90 Å². The van der Waals surface area contributed by atoms with E-state index >= 15 is 0 Å². The van der Waals surface area contributed by atoms with Crippen LogP contribution >= 0.6 is 0 Å². The van der Waals surface area contributed by atoms with Gasteiger partial charge in [0.25, 0.3) is 0 Å². The van der Waals surface area contributed by atoms with Crippen LogP contribution in [-0.2, 0) is 24.2 Å². The van der Waals surface area contributed by atoms with Gasteiger partial charge in [-0.05, 0) is 62.6 Å². The van der Waals surface area contributed by atoms with Gasteiger partial charge in [-0.15, -0.1) is 0 Å². The molecule has 0 atom stereocenters. The Morgan fingerprint density at radius 3 is 2.48 bits per heavy atom. The first-order chi connectivity index (χ1) is 15.2. The Hall–Kier alpha value is -2.28. The minimum atomic E-state index is 0.274. The van der Waals surface area contributed by atoms with Crippen molar-refractivity contribution in [3.8, 4) is 5.75 Å². The zero-order chi connectivity index (χ0) is 21.6. The second-order valence-corrected chi connectivity index (χ2v) is 8.93. The number of phenolic OH excluding ortho intramolecular Hbond substituents is 1. The summed E-state index contributed by atoms with van der Waals surface area (Å²) in [5.74, 6) is 1.54. The molecular weight excluding hydrogens is 390 g/mol. The standard InChI is InChI=1S/C24H37N5O2/c1-2-25-24(26-17-21-20-8-4-3-7-19(20)9-10-22(21)30)29-15-13-27(14-16-29)18-23(31)28-11-5-6-12-28/h9-10,30H,2-8,11-18H2,1H3,(H,25,26). The van der Waals surface area contributed by atoms with Crippen LogP contribution in [0.25, 0.3) is 0 Å². The number of amides is 1. The van der Waals surface area contributed by atoms with Gasteiger partial charge >= 0.3 is 0 Å². The highest BCUT2D eigenvalue weighted by molar-refractivity contribution is 5.80. The molecule has 0 aromatic heterocycles. The SMILES string of the molecule is CCNC(=NCc1c(O)ccc2c1CCCC2)N1CCN(CC(=O)N2CCCC2)CC1. The first kappa shape index (κ1) is 21.9. The van der Waals surface area contributed by atoms with Gasteiger partial charge in [0.05, 0.1) is 13.1 Å². The van der Waals surface area contributed by atoms with Crippen LogP contribution in [-0.4, -0.2) is 84.0 Å². The average molecular weight is 428 g/mol. The van der Waals surface area contributed by atoms with Gasteiger partial charge in [0.1, 0.15) is 5.75 Å². The van der Waals surface area contributed by atoms with E-state index in [2.05, 4.69) is 28.1 Å². The summed E-state index contributed by atoms with van der Waals surface area (Å²) >= 11 is 0. The molecule has 1 amide bonds. The molecule has 1 aromatic carbocycles. The first-order valence-corrected chi connectivity index (χ1v) is 12.0. The van der Waals surface area contributed by atoms with Crippen LogP contribution in [0.1, 0.15) is 49.3 Å². The summed E-state index contributed by atoms with van der Waals surface area (Å²) < 4.78 is 0. The van der Waals surface area contributed by atoms with E-state index in [-0.39, 0.29) is 5.91 Å². The number of hydrogen-bond donors (Lipinski definition) is 2. The number of nitrogens with zero attached hydrogens (tertiary/aromatic N) is 4. The lowest BCUT2D eigenvalue weighted by atomic mass is 9.88. The molecule has 0 bridgehead atoms. The van der Waals surface area contributed by atoms with Gasteiger partial charge in [0, 0.05) is 51.4 Å². The van der Waals surface area contributed by atoms with Crippen LogP contribution < -0.4 is 5.32 Å². The minimum Gasteiger partial charge on any atom is -0.508 e. The minimum absolute atomic E-state index is 0.274. The third-order valence-corrected chi connectivity index (χ3v) is 6.84. The van der Waals surface area contributed by atoms with Gasteiger partial charge in [-0.3, -0.25) is 9.69 Å². The molecule has 2 fully saturated rings. The highest BCUT2D eigenvalue weighted by atomic mass is 16.3. The Balaban J connectivity index is 1.37. The maximum Gasteiger partial charge on any atom is 0.236 e. The fourth-order valence-corrected chi connectivity index (χ4v) is 5.02. The quantitative estimate of drug-likeness (QED) is 0.555. The fourth-order valence-electron chi connectivity index (χ4n) is 5.02. The number of aromatic hydroxyl groups is 1. The number of guanidine groups is 1. The molecule has 1 aromatic rings. The molecule has 2 saturated heterocycles. The number of piperazine rings is 1. The highest BCUT2D eigenvalue weighted by Crippen LogP contribution is 2.31. The molecule has 2 aliphatic heterocycles. The van der Waals surface area contributed by atoms with Crippen molar-refractivity contribution in [2.45, 2.75) is 52.0 Å². The summed E-state index contributed by atoms with van der Waals surface area (Å²) in [5, 5.41) is 13.9. The lowest BCUT2D eigenvalue weighted by Gasteiger charge is -2.36. The maximum atomic E-state index is 12.5. The van der Waals surface area contributed by atoms with Crippen LogP contribution in [0.15, 0.2) is 17.1 Å². The monoisotopic (exact) mass is 427 g/mol. The number of fused-ring (bicyclic) bond motifs is 1. The molecular formula is C24H37N5O2. The number of rotatable bonds is 5. The molecule has 7 heteroatoms. The summed E-state index contributed by atoms with van der Waals surface area (Å²) in [6, 6.07) is 3.91. The number of nitrogens with one attached hydrogen (secondary N) is 1. The smallest absolute Gasteiger partial charge is 0.236 e. The van der Waals surface area contributed by atoms with Crippen molar-refractivity contribution in [2.24, 2.45) is 4.99 Å². The predicted octanol–water partition coefficient (Wildman–Crippen LogP) is 1.98. The molecule has 0 saturated carbocycles. The van der Waals surface area contributed by atoms with Crippen LogP contribution in [0, 0.1) is 0 Å². The van der Waals surface area contributed by atoms with E-state index in [0.717, 1.165) is 83.0 Å². The van der Waals surface area contributed by atoms with E-state index < -0.39 is 0 Å². The number of carbonyl (C=O) groups is 1. The number of carbonyl (C=O) groups excluding carboxylic acids is 1. The molecule has 170 valence electrons.